The van der Waals surface area contributed by atoms with Gasteiger partial charge in [-0.1, -0.05) is 0 Å². The molecule has 1 aliphatic rings. The summed E-state index contributed by atoms with van der Waals surface area (Å²) < 4.78 is 69.0. The number of aromatic nitrogens is 2. The Hall–Kier alpha value is -3.67. The Morgan fingerprint density at radius 3 is 2.16 bits per heavy atom. The summed E-state index contributed by atoms with van der Waals surface area (Å²) in [5, 5.41) is 3.34. The number of nitrogens with one attached hydrogen (secondary N) is 1. The first-order valence-electron chi connectivity index (χ1n) is 11.8. The molecule has 4 rings (SSSR count). The maximum atomic E-state index is 13.7. The number of fused-ring (bicyclic) bond motifs is 1. The summed E-state index contributed by atoms with van der Waals surface area (Å²) in [6.45, 7) is 6.93. The van der Waals surface area contributed by atoms with Crippen LogP contribution < -0.4 is 29.2 Å². The molecule has 2 heterocycles. The molecule has 0 radical (unpaired) electrons. The first-order valence-corrected chi connectivity index (χ1v) is 11.8. The highest BCUT2D eigenvalue weighted by atomic mass is 19.4. The lowest BCUT2D eigenvalue weighted by Gasteiger charge is -2.31. The molecule has 1 saturated heterocycles. The minimum absolute atomic E-state index is 0.0374. The second-order valence-electron chi connectivity index (χ2n) is 8.02. The second kappa shape index (κ2) is 11.2. The molecular formula is C25H29F3N4O5. The van der Waals surface area contributed by atoms with E-state index in [9.17, 15) is 13.2 Å². The molecule has 0 spiro atoms. The molecule has 200 valence electrons. The van der Waals surface area contributed by atoms with E-state index in [2.05, 4.69) is 20.2 Å². The van der Waals surface area contributed by atoms with Crippen LogP contribution >= 0.6 is 0 Å². The van der Waals surface area contributed by atoms with Gasteiger partial charge in [0.15, 0.2) is 11.5 Å². The topological polar surface area (TPSA) is 87.2 Å². The minimum atomic E-state index is -4.77. The predicted molar refractivity (Wildman–Crippen MR) is 133 cm³/mol. The predicted octanol–water partition coefficient (Wildman–Crippen LogP) is 5.04. The van der Waals surface area contributed by atoms with E-state index < -0.39 is 12.0 Å². The maximum absolute atomic E-state index is 13.7. The van der Waals surface area contributed by atoms with Crippen LogP contribution in [-0.4, -0.2) is 63.7 Å². The molecule has 0 atom stereocenters. The smallest absolute Gasteiger partial charge is 0.451 e. The average molecular weight is 523 g/mol. The van der Waals surface area contributed by atoms with Crippen molar-refractivity contribution in [2.45, 2.75) is 20.0 Å². The largest absolute Gasteiger partial charge is 0.493 e. The SMILES string of the molecule is CCOc1cc(N2CCOCC2)c(OCC)cc1Nc1nc(C(F)(F)F)nc2cc(OC)c(OC)cc12. The van der Waals surface area contributed by atoms with Gasteiger partial charge in [0.2, 0.25) is 5.82 Å². The molecule has 37 heavy (non-hydrogen) atoms. The van der Waals surface area contributed by atoms with Crippen LogP contribution in [0.25, 0.3) is 10.9 Å². The summed E-state index contributed by atoms with van der Waals surface area (Å²) in [4.78, 5) is 9.67. The summed E-state index contributed by atoms with van der Waals surface area (Å²) in [6.07, 6.45) is -4.77. The standard InChI is InChI=1S/C25H29F3N4O5/c1-5-36-19-14-18(32-7-9-35-10-8-32)20(37-6-2)13-17(19)29-23-15-11-21(33-3)22(34-4)12-16(15)30-24(31-23)25(26,27)28/h11-14H,5-10H2,1-4H3,(H,29,30,31). The van der Waals surface area contributed by atoms with Crippen LogP contribution in [0.2, 0.25) is 0 Å². The van der Waals surface area contributed by atoms with Crippen LogP contribution in [0.5, 0.6) is 23.0 Å². The second-order valence-corrected chi connectivity index (χ2v) is 8.02. The van der Waals surface area contributed by atoms with Crippen LogP contribution in [0.4, 0.5) is 30.4 Å². The van der Waals surface area contributed by atoms with Gasteiger partial charge >= 0.3 is 6.18 Å². The zero-order chi connectivity index (χ0) is 26.6. The molecule has 1 fully saturated rings. The highest BCUT2D eigenvalue weighted by Crippen LogP contribution is 2.42. The van der Waals surface area contributed by atoms with Crippen molar-refractivity contribution < 1.29 is 36.9 Å². The summed E-state index contributed by atoms with van der Waals surface area (Å²) in [7, 11) is 2.84. The molecule has 1 aromatic heterocycles. The number of morpholine rings is 1. The molecule has 1 N–H and O–H groups in total. The van der Waals surface area contributed by atoms with E-state index >= 15 is 0 Å². The number of nitrogens with zero attached hydrogens (tertiary/aromatic N) is 3. The summed E-state index contributed by atoms with van der Waals surface area (Å²) >= 11 is 0. The zero-order valence-electron chi connectivity index (χ0n) is 21.1. The Kier molecular flexibility index (Phi) is 7.96. The van der Waals surface area contributed by atoms with Crippen molar-refractivity contribution in [2.75, 3.05) is 64.0 Å². The fourth-order valence-corrected chi connectivity index (χ4v) is 4.05. The third kappa shape index (κ3) is 5.68. The molecule has 2 aromatic carbocycles. The number of anilines is 3. The van der Waals surface area contributed by atoms with E-state index in [1.54, 1.807) is 6.07 Å². The van der Waals surface area contributed by atoms with E-state index in [1.807, 2.05) is 19.9 Å². The van der Waals surface area contributed by atoms with Gasteiger partial charge in [0.1, 0.15) is 17.3 Å². The molecule has 3 aromatic rings. The van der Waals surface area contributed by atoms with E-state index in [0.717, 1.165) is 5.69 Å². The van der Waals surface area contributed by atoms with Crippen molar-refractivity contribution in [3.05, 3.63) is 30.1 Å². The van der Waals surface area contributed by atoms with Crippen molar-refractivity contribution in [1.29, 1.82) is 0 Å². The lowest BCUT2D eigenvalue weighted by Crippen LogP contribution is -2.36. The van der Waals surface area contributed by atoms with Gasteiger partial charge in [-0.25, -0.2) is 9.97 Å². The van der Waals surface area contributed by atoms with E-state index in [0.29, 0.717) is 67.8 Å². The molecule has 12 heteroatoms. The number of halogens is 3. The molecule has 0 amide bonds. The van der Waals surface area contributed by atoms with E-state index in [1.165, 1.54) is 26.4 Å². The van der Waals surface area contributed by atoms with Gasteiger partial charge in [0.25, 0.3) is 0 Å². The van der Waals surface area contributed by atoms with E-state index in [4.69, 9.17) is 23.7 Å². The Labute approximate surface area is 212 Å². The summed E-state index contributed by atoms with van der Waals surface area (Å²) in [6, 6.07) is 6.44. The Morgan fingerprint density at radius 1 is 0.892 bits per heavy atom. The van der Waals surface area contributed by atoms with Gasteiger partial charge in [-0.15, -0.1) is 0 Å². The lowest BCUT2D eigenvalue weighted by atomic mass is 10.1. The fourth-order valence-electron chi connectivity index (χ4n) is 4.05. The quantitative estimate of drug-likeness (QED) is 0.415. The van der Waals surface area contributed by atoms with E-state index in [-0.39, 0.29) is 17.1 Å². The van der Waals surface area contributed by atoms with Gasteiger partial charge in [0.05, 0.1) is 57.5 Å². The van der Waals surface area contributed by atoms with Crippen LogP contribution in [0, 0.1) is 0 Å². The fraction of sp³-hybridized carbons (Fsp3) is 0.440. The number of hydrogen-bond donors (Lipinski definition) is 1. The summed E-state index contributed by atoms with van der Waals surface area (Å²) in [5.41, 5.74) is 1.25. The van der Waals surface area contributed by atoms with Crippen LogP contribution in [0.15, 0.2) is 24.3 Å². The van der Waals surface area contributed by atoms with Crippen LogP contribution in [0.3, 0.4) is 0 Å². The Morgan fingerprint density at radius 2 is 1.54 bits per heavy atom. The Bertz CT molecular complexity index is 1250. The average Bonchev–Trinajstić information content (AvgIpc) is 2.89. The van der Waals surface area contributed by atoms with Crippen molar-refractivity contribution in [2.24, 2.45) is 0 Å². The molecule has 0 aliphatic carbocycles. The number of rotatable bonds is 9. The molecule has 1 aliphatic heterocycles. The van der Waals surface area contributed by atoms with Gasteiger partial charge < -0.3 is 33.9 Å². The monoisotopic (exact) mass is 522 g/mol. The lowest BCUT2D eigenvalue weighted by molar-refractivity contribution is -0.144. The normalized spacial score (nSPS) is 14.0. The number of ether oxygens (including phenoxy) is 5. The number of benzene rings is 2. The summed E-state index contributed by atoms with van der Waals surface area (Å²) in [5.74, 6) is 0.209. The minimum Gasteiger partial charge on any atom is -0.493 e. The van der Waals surface area contributed by atoms with Gasteiger partial charge in [-0.05, 0) is 19.9 Å². The van der Waals surface area contributed by atoms with Crippen molar-refractivity contribution in [3.63, 3.8) is 0 Å². The van der Waals surface area contributed by atoms with Gasteiger partial charge in [-0.2, -0.15) is 13.2 Å². The van der Waals surface area contributed by atoms with Gasteiger partial charge in [-0.3, -0.25) is 0 Å². The third-order valence-electron chi connectivity index (χ3n) is 5.72. The highest BCUT2D eigenvalue weighted by Gasteiger charge is 2.36. The molecule has 9 nitrogen and oxygen atoms in total. The van der Waals surface area contributed by atoms with Crippen LogP contribution in [0.1, 0.15) is 19.7 Å². The number of hydrogen-bond acceptors (Lipinski definition) is 9. The third-order valence-corrected chi connectivity index (χ3v) is 5.72. The van der Waals surface area contributed by atoms with Gasteiger partial charge in [0, 0.05) is 36.7 Å². The number of methoxy groups -OCH3 is 2. The van der Waals surface area contributed by atoms with Crippen molar-refractivity contribution in [1.82, 2.24) is 9.97 Å². The Balaban J connectivity index is 1.88. The van der Waals surface area contributed by atoms with Crippen LogP contribution in [-0.2, 0) is 10.9 Å². The van der Waals surface area contributed by atoms with Crippen molar-refractivity contribution >= 4 is 28.1 Å². The first-order chi connectivity index (χ1) is 17.8. The zero-order valence-corrected chi connectivity index (χ0v) is 21.1. The van der Waals surface area contributed by atoms with Crippen molar-refractivity contribution in [3.8, 4) is 23.0 Å². The molecule has 0 unspecified atom stereocenters. The molecular weight excluding hydrogens is 493 g/mol. The number of alkyl halides is 3. The first kappa shape index (κ1) is 26.4. The molecule has 0 saturated carbocycles. The highest BCUT2D eigenvalue weighted by molar-refractivity contribution is 5.94. The maximum Gasteiger partial charge on any atom is 0.451 e. The molecule has 0 bridgehead atoms.